The third-order valence-electron chi connectivity index (χ3n) is 2.24. The van der Waals surface area contributed by atoms with Crippen molar-refractivity contribution in [2.24, 2.45) is 0 Å². The van der Waals surface area contributed by atoms with Crippen LogP contribution in [0.25, 0.3) is 0 Å². The molecule has 0 radical (unpaired) electrons. The van der Waals surface area contributed by atoms with Crippen molar-refractivity contribution in [2.75, 3.05) is 6.54 Å². The maximum Gasteiger partial charge on any atom is 0.334 e. The molecule has 1 unspecified atom stereocenters. The fourth-order valence-electron chi connectivity index (χ4n) is 1.36. The zero-order chi connectivity index (χ0) is 13.5. The highest BCUT2D eigenvalue weighted by molar-refractivity contribution is 7.07. The van der Waals surface area contributed by atoms with Crippen LogP contribution in [0.2, 0.25) is 0 Å². The van der Waals surface area contributed by atoms with Gasteiger partial charge in [0.25, 0.3) is 0 Å². The molecule has 0 fully saturated rings. The second-order valence-electron chi connectivity index (χ2n) is 3.95. The first kappa shape index (κ1) is 14.5. The van der Waals surface area contributed by atoms with Gasteiger partial charge in [-0.2, -0.15) is 11.3 Å². The Morgan fingerprint density at radius 1 is 1.50 bits per heavy atom. The highest BCUT2D eigenvalue weighted by atomic mass is 32.1. The second-order valence-corrected chi connectivity index (χ2v) is 4.73. The Bertz CT molecular complexity index is 394. The molecule has 2 amide bonds. The van der Waals surface area contributed by atoms with Gasteiger partial charge in [-0.05, 0) is 35.7 Å². The molecule has 4 N–H and O–H groups in total. The molecule has 1 heterocycles. The van der Waals surface area contributed by atoms with E-state index in [0.29, 0.717) is 6.42 Å². The zero-order valence-corrected chi connectivity index (χ0v) is 10.7. The average Bonchev–Trinajstić information content (AvgIpc) is 2.78. The molecule has 1 rings (SSSR count). The number of aliphatic hydroxyl groups is 1. The van der Waals surface area contributed by atoms with Crippen molar-refractivity contribution in [2.45, 2.75) is 25.5 Å². The van der Waals surface area contributed by atoms with E-state index in [1.165, 1.54) is 0 Å². The van der Waals surface area contributed by atoms with Gasteiger partial charge in [-0.25, -0.2) is 9.59 Å². The van der Waals surface area contributed by atoms with Crippen molar-refractivity contribution in [3.05, 3.63) is 22.4 Å². The summed E-state index contributed by atoms with van der Waals surface area (Å²) in [4.78, 5) is 21.7. The van der Waals surface area contributed by atoms with Crippen LogP contribution >= 0.6 is 11.3 Å². The summed E-state index contributed by atoms with van der Waals surface area (Å²) in [7, 11) is 0. The highest BCUT2D eigenvalue weighted by Crippen LogP contribution is 2.08. The van der Waals surface area contributed by atoms with Crippen LogP contribution in [0.4, 0.5) is 4.79 Å². The number of amides is 2. The first-order valence-electron chi connectivity index (χ1n) is 5.45. The smallest absolute Gasteiger partial charge is 0.334 e. The van der Waals surface area contributed by atoms with Crippen LogP contribution in [0.5, 0.6) is 0 Å². The van der Waals surface area contributed by atoms with Crippen LogP contribution in [0.1, 0.15) is 12.5 Å². The fourth-order valence-corrected chi connectivity index (χ4v) is 2.05. The Morgan fingerprint density at radius 3 is 2.78 bits per heavy atom. The summed E-state index contributed by atoms with van der Waals surface area (Å²) < 4.78 is 0. The lowest BCUT2D eigenvalue weighted by Crippen LogP contribution is -2.45. The van der Waals surface area contributed by atoms with E-state index in [0.717, 1.165) is 5.56 Å². The van der Waals surface area contributed by atoms with E-state index >= 15 is 0 Å². The monoisotopic (exact) mass is 272 g/mol. The fraction of sp³-hybridized carbons (Fsp3) is 0.455. The molecule has 0 spiro atoms. The number of carboxylic acid groups (broad SMARTS) is 1. The number of nitrogens with one attached hydrogen (secondary N) is 2. The Kier molecular flexibility index (Phi) is 5.60. The Labute approximate surface area is 109 Å². The molecule has 1 aromatic rings. The minimum absolute atomic E-state index is 0.0680. The summed E-state index contributed by atoms with van der Waals surface area (Å²) in [5.41, 5.74) is 1.14. The van der Waals surface area contributed by atoms with Gasteiger partial charge in [-0.1, -0.05) is 0 Å². The van der Waals surface area contributed by atoms with Crippen LogP contribution in [-0.4, -0.2) is 40.9 Å². The molecule has 0 saturated carbocycles. The van der Waals surface area contributed by atoms with Crippen LogP contribution in [0.3, 0.4) is 0 Å². The van der Waals surface area contributed by atoms with Crippen LogP contribution in [0, 0.1) is 0 Å². The number of aliphatic carboxylic acids is 1. The van der Waals surface area contributed by atoms with Crippen LogP contribution in [0.15, 0.2) is 16.8 Å². The highest BCUT2D eigenvalue weighted by Gasteiger charge is 2.15. The summed E-state index contributed by atoms with van der Waals surface area (Å²) in [6, 6.07) is 1.43. The Morgan fingerprint density at radius 2 is 2.22 bits per heavy atom. The maximum absolute atomic E-state index is 11.4. The number of hydrogen-bond donors (Lipinski definition) is 4. The quantitative estimate of drug-likeness (QED) is 0.603. The number of urea groups is 1. The van der Waals surface area contributed by atoms with E-state index in [2.05, 4.69) is 10.6 Å². The predicted molar refractivity (Wildman–Crippen MR) is 67.7 cm³/mol. The van der Waals surface area contributed by atoms with Crippen molar-refractivity contribution < 1.29 is 19.8 Å². The number of aliphatic hydroxyl groups excluding tert-OH is 1. The lowest BCUT2D eigenvalue weighted by Gasteiger charge is -2.14. The van der Waals surface area contributed by atoms with E-state index in [1.54, 1.807) is 11.3 Å². The summed E-state index contributed by atoms with van der Waals surface area (Å²) >= 11 is 1.59. The molecule has 0 aromatic carbocycles. The van der Waals surface area contributed by atoms with Gasteiger partial charge >= 0.3 is 12.0 Å². The maximum atomic E-state index is 11.4. The molecule has 0 aliphatic carbocycles. The molecule has 6 nitrogen and oxygen atoms in total. The zero-order valence-electron chi connectivity index (χ0n) is 9.92. The molecule has 18 heavy (non-hydrogen) atoms. The number of carboxylic acids is 1. The third kappa shape index (κ3) is 5.15. The van der Waals surface area contributed by atoms with Gasteiger partial charge in [-0.15, -0.1) is 0 Å². The topological polar surface area (TPSA) is 98.7 Å². The Hall–Kier alpha value is -1.60. The van der Waals surface area contributed by atoms with Crippen molar-refractivity contribution in [1.82, 2.24) is 10.6 Å². The van der Waals surface area contributed by atoms with Crippen molar-refractivity contribution in [1.29, 1.82) is 0 Å². The number of carbonyl (C=O) groups is 2. The molecular weight excluding hydrogens is 256 g/mol. The number of hydrogen-bond acceptors (Lipinski definition) is 4. The van der Waals surface area contributed by atoms with Gasteiger partial charge in [0.05, 0.1) is 6.54 Å². The van der Waals surface area contributed by atoms with E-state index in [1.807, 2.05) is 23.8 Å². The molecular formula is C11H16N2O4S. The van der Waals surface area contributed by atoms with Gasteiger partial charge in [0.15, 0.2) is 6.10 Å². The second kappa shape index (κ2) is 6.97. The van der Waals surface area contributed by atoms with E-state index in [9.17, 15) is 9.59 Å². The average molecular weight is 272 g/mol. The van der Waals surface area contributed by atoms with Crippen molar-refractivity contribution >= 4 is 23.3 Å². The van der Waals surface area contributed by atoms with Gasteiger partial charge in [0, 0.05) is 6.04 Å². The lowest BCUT2D eigenvalue weighted by atomic mass is 10.1. The molecule has 0 aliphatic rings. The van der Waals surface area contributed by atoms with Gasteiger partial charge < -0.3 is 20.8 Å². The number of thiophene rings is 1. The predicted octanol–water partition coefficient (Wildman–Crippen LogP) is 0.424. The number of rotatable bonds is 6. The molecule has 0 aliphatic heterocycles. The van der Waals surface area contributed by atoms with E-state index in [4.69, 9.17) is 10.2 Å². The summed E-state index contributed by atoms with van der Waals surface area (Å²) in [6.07, 6.45) is -0.874. The molecule has 1 aromatic heterocycles. The third-order valence-corrected chi connectivity index (χ3v) is 2.97. The molecule has 100 valence electrons. The van der Waals surface area contributed by atoms with Gasteiger partial charge in [0.1, 0.15) is 0 Å². The normalized spacial score (nSPS) is 13.7. The summed E-state index contributed by atoms with van der Waals surface area (Å²) in [6.45, 7) is 1.54. The first-order valence-corrected chi connectivity index (χ1v) is 6.39. The first-order chi connectivity index (χ1) is 8.49. The SMILES string of the molecule is CC(Cc1ccsc1)NC(=O)NC[C@H](O)C(=O)O. The Balaban J connectivity index is 2.25. The minimum Gasteiger partial charge on any atom is -0.479 e. The van der Waals surface area contributed by atoms with Crippen molar-refractivity contribution in [3.8, 4) is 0 Å². The summed E-state index contributed by atoms with van der Waals surface area (Å²) in [5.74, 6) is -1.36. The summed E-state index contributed by atoms with van der Waals surface area (Å²) in [5, 5.41) is 26.3. The lowest BCUT2D eigenvalue weighted by molar-refractivity contribution is -0.146. The minimum atomic E-state index is -1.58. The standard InChI is InChI=1S/C11H16N2O4S/c1-7(4-8-2-3-18-6-8)13-11(17)12-5-9(14)10(15)16/h2-3,6-7,9,14H,4-5H2,1H3,(H,15,16)(H2,12,13,17)/t7?,9-/m0/s1. The van der Waals surface area contributed by atoms with Crippen LogP contribution in [-0.2, 0) is 11.2 Å². The largest absolute Gasteiger partial charge is 0.479 e. The van der Waals surface area contributed by atoms with Crippen LogP contribution < -0.4 is 10.6 Å². The molecule has 0 bridgehead atoms. The van der Waals surface area contributed by atoms with Gasteiger partial charge in [-0.3, -0.25) is 0 Å². The van der Waals surface area contributed by atoms with E-state index in [-0.39, 0.29) is 12.6 Å². The van der Waals surface area contributed by atoms with E-state index < -0.39 is 18.1 Å². The van der Waals surface area contributed by atoms with Crippen molar-refractivity contribution in [3.63, 3.8) is 0 Å². The molecule has 2 atom stereocenters. The molecule has 0 saturated heterocycles. The van der Waals surface area contributed by atoms with Gasteiger partial charge in [0.2, 0.25) is 0 Å². The number of carbonyl (C=O) groups excluding carboxylic acids is 1. The molecule has 7 heteroatoms.